The monoisotopic (exact) mass is 287 g/mol. The third-order valence-electron chi connectivity index (χ3n) is 3.40. The van der Waals surface area contributed by atoms with Crippen LogP contribution >= 0.6 is 27.3 Å². The molecule has 15 heavy (non-hydrogen) atoms. The van der Waals surface area contributed by atoms with E-state index in [-0.39, 0.29) is 6.04 Å². The zero-order valence-corrected chi connectivity index (χ0v) is 11.3. The van der Waals surface area contributed by atoms with Gasteiger partial charge >= 0.3 is 0 Å². The van der Waals surface area contributed by atoms with E-state index < -0.39 is 0 Å². The number of hydrogen-bond acceptors (Lipinski definition) is 2. The predicted molar refractivity (Wildman–Crippen MR) is 70.1 cm³/mol. The summed E-state index contributed by atoms with van der Waals surface area (Å²) in [5.41, 5.74) is 7.48. The number of nitrogens with two attached hydrogens (primary N) is 1. The average molecular weight is 288 g/mol. The zero-order chi connectivity index (χ0) is 10.7. The second-order valence-electron chi connectivity index (χ2n) is 4.51. The van der Waals surface area contributed by atoms with Crippen molar-refractivity contribution in [3.8, 4) is 0 Å². The minimum Gasteiger partial charge on any atom is -0.324 e. The number of thiophene rings is 1. The van der Waals surface area contributed by atoms with Gasteiger partial charge < -0.3 is 5.73 Å². The Morgan fingerprint density at radius 2 is 2.13 bits per heavy atom. The van der Waals surface area contributed by atoms with Crippen LogP contribution in [0.2, 0.25) is 0 Å². The summed E-state index contributed by atoms with van der Waals surface area (Å²) in [6.45, 7) is 0. The Hall–Kier alpha value is 0.140. The van der Waals surface area contributed by atoms with Gasteiger partial charge in [0.2, 0.25) is 0 Å². The Bertz CT molecular complexity index is 304. The van der Waals surface area contributed by atoms with E-state index in [1.807, 2.05) is 0 Å². The highest BCUT2D eigenvalue weighted by molar-refractivity contribution is 9.10. The molecule has 0 aromatic carbocycles. The SMILES string of the molecule is NC(CCC1CCCC1)c1cscc1Br. The highest BCUT2D eigenvalue weighted by Crippen LogP contribution is 2.33. The maximum absolute atomic E-state index is 6.20. The van der Waals surface area contributed by atoms with Gasteiger partial charge in [0.05, 0.1) is 0 Å². The van der Waals surface area contributed by atoms with Crippen molar-refractivity contribution in [3.63, 3.8) is 0 Å². The molecule has 0 bridgehead atoms. The molecule has 1 aromatic rings. The second-order valence-corrected chi connectivity index (χ2v) is 6.11. The van der Waals surface area contributed by atoms with E-state index in [0.29, 0.717) is 0 Å². The molecule has 1 heterocycles. The molecule has 1 saturated carbocycles. The Morgan fingerprint density at radius 3 is 2.73 bits per heavy atom. The minimum atomic E-state index is 0.228. The van der Waals surface area contributed by atoms with Gasteiger partial charge in [0, 0.05) is 15.9 Å². The first-order chi connectivity index (χ1) is 7.27. The largest absolute Gasteiger partial charge is 0.324 e. The fourth-order valence-corrected chi connectivity index (χ4v) is 4.08. The fourth-order valence-electron chi connectivity index (χ4n) is 2.43. The molecule has 0 radical (unpaired) electrons. The van der Waals surface area contributed by atoms with Crippen LogP contribution in [-0.2, 0) is 0 Å². The standard InChI is InChI=1S/C12H18BrNS/c13-11-8-15-7-10(11)12(14)6-5-9-3-1-2-4-9/h7-9,12H,1-6,14H2. The lowest BCUT2D eigenvalue weighted by molar-refractivity contribution is 0.454. The van der Waals surface area contributed by atoms with Crippen LogP contribution in [0.15, 0.2) is 15.2 Å². The van der Waals surface area contributed by atoms with Crippen molar-refractivity contribution in [2.24, 2.45) is 11.7 Å². The van der Waals surface area contributed by atoms with Gasteiger partial charge in [-0.2, -0.15) is 11.3 Å². The average Bonchev–Trinajstić information content (AvgIpc) is 2.84. The molecule has 1 nitrogen and oxygen atoms in total. The molecule has 1 aliphatic carbocycles. The van der Waals surface area contributed by atoms with Gasteiger partial charge in [0.1, 0.15) is 0 Å². The van der Waals surface area contributed by atoms with Gasteiger partial charge in [-0.25, -0.2) is 0 Å². The minimum absolute atomic E-state index is 0.228. The summed E-state index contributed by atoms with van der Waals surface area (Å²) in [6.07, 6.45) is 8.17. The first-order valence-electron chi connectivity index (χ1n) is 5.74. The maximum Gasteiger partial charge on any atom is 0.0330 e. The van der Waals surface area contributed by atoms with Crippen LogP contribution in [0.1, 0.15) is 50.1 Å². The zero-order valence-electron chi connectivity index (χ0n) is 8.92. The smallest absolute Gasteiger partial charge is 0.0330 e. The number of halogens is 1. The third-order valence-corrected chi connectivity index (χ3v) is 5.15. The number of rotatable bonds is 4. The van der Waals surface area contributed by atoms with E-state index in [0.717, 1.165) is 12.3 Å². The molecule has 2 N–H and O–H groups in total. The molecule has 0 amide bonds. The van der Waals surface area contributed by atoms with Gasteiger partial charge in [-0.05, 0) is 45.6 Å². The molecule has 0 spiro atoms. The Labute approximate surface area is 104 Å². The summed E-state index contributed by atoms with van der Waals surface area (Å²) in [7, 11) is 0. The van der Waals surface area contributed by atoms with E-state index in [2.05, 4.69) is 26.7 Å². The van der Waals surface area contributed by atoms with Crippen LogP contribution in [0, 0.1) is 5.92 Å². The summed E-state index contributed by atoms with van der Waals surface area (Å²) in [5.74, 6) is 0.952. The summed E-state index contributed by atoms with van der Waals surface area (Å²) >= 11 is 5.28. The quantitative estimate of drug-likeness (QED) is 0.868. The topological polar surface area (TPSA) is 26.0 Å². The first kappa shape index (κ1) is 11.6. The van der Waals surface area contributed by atoms with Gasteiger partial charge in [0.25, 0.3) is 0 Å². The van der Waals surface area contributed by atoms with E-state index in [9.17, 15) is 0 Å². The van der Waals surface area contributed by atoms with E-state index in [4.69, 9.17) is 5.73 Å². The van der Waals surface area contributed by atoms with E-state index in [1.54, 1.807) is 11.3 Å². The molecule has 1 unspecified atom stereocenters. The lowest BCUT2D eigenvalue weighted by Gasteiger charge is -2.14. The maximum atomic E-state index is 6.20. The molecule has 1 aliphatic rings. The normalized spacial score (nSPS) is 19.6. The van der Waals surface area contributed by atoms with Crippen LogP contribution in [-0.4, -0.2) is 0 Å². The van der Waals surface area contributed by atoms with Crippen molar-refractivity contribution in [2.45, 2.75) is 44.6 Å². The van der Waals surface area contributed by atoms with Crippen LogP contribution < -0.4 is 5.73 Å². The fraction of sp³-hybridized carbons (Fsp3) is 0.667. The summed E-state index contributed by atoms with van der Waals surface area (Å²) in [5, 5.41) is 4.29. The van der Waals surface area contributed by atoms with Crippen LogP contribution in [0.5, 0.6) is 0 Å². The lowest BCUT2D eigenvalue weighted by Crippen LogP contribution is -2.11. The van der Waals surface area contributed by atoms with Crippen molar-refractivity contribution in [2.75, 3.05) is 0 Å². The molecule has 1 aromatic heterocycles. The van der Waals surface area contributed by atoms with Crippen LogP contribution in [0.3, 0.4) is 0 Å². The highest BCUT2D eigenvalue weighted by atomic mass is 79.9. The van der Waals surface area contributed by atoms with Crippen molar-refractivity contribution >= 4 is 27.3 Å². The van der Waals surface area contributed by atoms with Crippen molar-refractivity contribution in [3.05, 3.63) is 20.8 Å². The van der Waals surface area contributed by atoms with Gasteiger partial charge in [-0.1, -0.05) is 25.7 Å². The Kier molecular flexibility index (Phi) is 4.23. The number of hydrogen-bond donors (Lipinski definition) is 1. The molecule has 1 fully saturated rings. The van der Waals surface area contributed by atoms with E-state index in [1.165, 1.54) is 42.1 Å². The summed E-state index contributed by atoms with van der Waals surface area (Å²) in [4.78, 5) is 0. The van der Waals surface area contributed by atoms with Crippen molar-refractivity contribution in [1.29, 1.82) is 0 Å². The lowest BCUT2D eigenvalue weighted by atomic mass is 9.97. The molecule has 2 rings (SSSR count). The van der Waals surface area contributed by atoms with Crippen LogP contribution in [0.4, 0.5) is 0 Å². The van der Waals surface area contributed by atoms with E-state index >= 15 is 0 Å². The summed E-state index contributed by atoms with van der Waals surface area (Å²) < 4.78 is 1.19. The van der Waals surface area contributed by atoms with Gasteiger partial charge in [0.15, 0.2) is 0 Å². The van der Waals surface area contributed by atoms with Gasteiger partial charge in [-0.15, -0.1) is 0 Å². The molecule has 0 aliphatic heterocycles. The van der Waals surface area contributed by atoms with Crippen molar-refractivity contribution in [1.82, 2.24) is 0 Å². The second kappa shape index (κ2) is 5.46. The molecular weight excluding hydrogens is 270 g/mol. The first-order valence-corrected chi connectivity index (χ1v) is 7.48. The molecular formula is C12H18BrNS. The Morgan fingerprint density at radius 1 is 1.40 bits per heavy atom. The summed E-state index contributed by atoms with van der Waals surface area (Å²) in [6, 6.07) is 0.228. The highest BCUT2D eigenvalue weighted by Gasteiger charge is 2.17. The molecule has 3 heteroatoms. The van der Waals surface area contributed by atoms with Crippen LogP contribution in [0.25, 0.3) is 0 Å². The molecule has 84 valence electrons. The third kappa shape index (κ3) is 3.05. The molecule has 1 atom stereocenters. The molecule has 0 saturated heterocycles. The van der Waals surface area contributed by atoms with Crippen molar-refractivity contribution < 1.29 is 0 Å². The predicted octanol–water partition coefficient (Wildman–Crippen LogP) is 4.48. The van der Waals surface area contributed by atoms with Gasteiger partial charge in [-0.3, -0.25) is 0 Å². The Balaban J connectivity index is 1.81.